The maximum absolute atomic E-state index is 13.5. The lowest BCUT2D eigenvalue weighted by atomic mass is 10.1. The maximum atomic E-state index is 13.5. The molecular weight excluding hydrogens is 359 g/mol. The van der Waals surface area contributed by atoms with Gasteiger partial charge in [0, 0.05) is 5.69 Å². The van der Waals surface area contributed by atoms with Gasteiger partial charge < -0.3 is 5.73 Å². The topological polar surface area (TPSA) is 72.2 Å². The molecule has 2 aromatic rings. The van der Waals surface area contributed by atoms with Crippen molar-refractivity contribution in [1.29, 1.82) is 0 Å². The van der Waals surface area contributed by atoms with Crippen molar-refractivity contribution in [2.24, 2.45) is 0 Å². The molecule has 0 spiro atoms. The average Bonchev–Trinajstić information content (AvgIpc) is 2.31. The average molecular weight is 373 g/mol. The summed E-state index contributed by atoms with van der Waals surface area (Å²) in [6, 6.07) is 7.21. The number of halogens is 2. The zero-order valence-electron chi connectivity index (χ0n) is 11.4. The predicted molar refractivity (Wildman–Crippen MR) is 85.2 cm³/mol. The Morgan fingerprint density at radius 3 is 2.24 bits per heavy atom. The van der Waals surface area contributed by atoms with Gasteiger partial charge in [-0.25, -0.2) is 12.8 Å². The number of rotatable bonds is 3. The van der Waals surface area contributed by atoms with Crippen molar-refractivity contribution in [2.45, 2.75) is 18.7 Å². The van der Waals surface area contributed by atoms with Gasteiger partial charge >= 0.3 is 0 Å². The molecule has 0 unspecified atom stereocenters. The van der Waals surface area contributed by atoms with E-state index in [4.69, 9.17) is 5.73 Å². The van der Waals surface area contributed by atoms with Gasteiger partial charge in [-0.3, -0.25) is 4.72 Å². The summed E-state index contributed by atoms with van der Waals surface area (Å²) in [5.74, 6) is -0.541. The maximum Gasteiger partial charge on any atom is 0.262 e. The Morgan fingerprint density at radius 1 is 1.14 bits per heavy atom. The third-order valence-corrected chi connectivity index (χ3v) is 5.25. The molecule has 0 aliphatic carbocycles. The van der Waals surface area contributed by atoms with Crippen LogP contribution in [-0.2, 0) is 10.0 Å². The van der Waals surface area contributed by atoms with Gasteiger partial charge in [0.1, 0.15) is 5.82 Å². The summed E-state index contributed by atoms with van der Waals surface area (Å²) in [6.45, 7) is 3.33. The molecule has 0 bridgehead atoms. The van der Waals surface area contributed by atoms with Crippen LogP contribution in [0.25, 0.3) is 0 Å². The minimum atomic E-state index is -3.81. The lowest BCUT2D eigenvalue weighted by molar-refractivity contribution is 0.600. The van der Waals surface area contributed by atoms with Crippen molar-refractivity contribution in [1.82, 2.24) is 0 Å². The normalized spacial score (nSPS) is 11.4. The number of nitrogens with one attached hydrogen (secondary N) is 1. The molecule has 112 valence electrons. The van der Waals surface area contributed by atoms with Crippen molar-refractivity contribution >= 4 is 37.3 Å². The van der Waals surface area contributed by atoms with Gasteiger partial charge in [0.15, 0.2) is 0 Å². The van der Waals surface area contributed by atoms with Gasteiger partial charge in [0.25, 0.3) is 10.0 Å². The third kappa shape index (κ3) is 3.36. The molecular formula is C14H14BrFN2O2S. The smallest absolute Gasteiger partial charge is 0.262 e. The van der Waals surface area contributed by atoms with Crippen molar-refractivity contribution in [3.05, 3.63) is 51.7 Å². The second-order valence-corrected chi connectivity index (χ2v) is 7.19. The van der Waals surface area contributed by atoms with E-state index in [1.165, 1.54) is 12.1 Å². The number of hydrogen-bond acceptors (Lipinski definition) is 3. The van der Waals surface area contributed by atoms with Gasteiger partial charge in [0.2, 0.25) is 0 Å². The van der Waals surface area contributed by atoms with Crippen molar-refractivity contribution < 1.29 is 12.8 Å². The molecule has 2 rings (SSSR count). The van der Waals surface area contributed by atoms with Crippen LogP contribution >= 0.6 is 15.9 Å². The fourth-order valence-electron chi connectivity index (χ4n) is 2.17. The van der Waals surface area contributed by atoms with Gasteiger partial charge in [0.05, 0.1) is 15.1 Å². The molecule has 0 saturated heterocycles. The number of anilines is 2. The number of nitrogens with two attached hydrogens (primary N) is 1. The van der Waals surface area contributed by atoms with Crippen LogP contribution in [0, 0.1) is 19.7 Å². The summed E-state index contributed by atoms with van der Waals surface area (Å²) in [4.78, 5) is 0.153. The Labute approximate surface area is 131 Å². The second kappa shape index (κ2) is 5.65. The molecule has 0 fully saturated rings. The van der Waals surface area contributed by atoms with E-state index in [1.807, 2.05) is 0 Å². The molecule has 0 radical (unpaired) electrons. The Hall–Kier alpha value is -1.60. The van der Waals surface area contributed by atoms with Gasteiger partial charge in [-0.05, 0) is 71.2 Å². The lowest BCUT2D eigenvalue weighted by Gasteiger charge is -2.14. The van der Waals surface area contributed by atoms with Crippen LogP contribution in [0.3, 0.4) is 0 Å². The van der Waals surface area contributed by atoms with Crippen LogP contribution in [-0.4, -0.2) is 8.42 Å². The predicted octanol–water partition coefficient (Wildman–Crippen LogP) is 3.59. The molecule has 0 aliphatic heterocycles. The molecule has 7 heteroatoms. The van der Waals surface area contributed by atoms with Crippen LogP contribution in [0.1, 0.15) is 11.1 Å². The molecule has 3 N–H and O–H groups in total. The summed E-state index contributed by atoms with van der Waals surface area (Å²) >= 11 is 3.02. The first kappa shape index (κ1) is 15.8. The Morgan fingerprint density at radius 2 is 1.71 bits per heavy atom. The molecule has 2 aromatic carbocycles. The first-order valence-electron chi connectivity index (χ1n) is 6.05. The fraction of sp³-hybridized carbons (Fsp3) is 0.143. The Balaban J connectivity index is 2.46. The van der Waals surface area contributed by atoms with E-state index in [-0.39, 0.29) is 15.1 Å². The van der Waals surface area contributed by atoms with Gasteiger partial charge in [-0.15, -0.1) is 0 Å². The van der Waals surface area contributed by atoms with Crippen LogP contribution in [0.4, 0.5) is 15.8 Å². The summed E-state index contributed by atoms with van der Waals surface area (Å²) in [6.07, 6.45) is 0. The number of aryl methyl sites for hydroxylation is 2. The molecule has 4 nitrogen and oxygen atoms in total. The highest BCUT2D eigenvalue weighted by atomic mass is 79.9. The summed E-state index contributed by atoms with van der Waals surface area (Å²) < 4.78 is 41.0. The largest absolute Gasteiger partial charge is 0.399 e. The molecule has 21 heavy (non-hydrogen) atoms. The van der Waals surface area contributed by atoms with Gasteiger partial charge in [-0.2, -0.15) is 0 Å². The fourth-order valence-corrected chi connectivity index (χ4v) is 3.93. The van der Waals surface area contributed by atoms with E-state index in [0.29, 0.717) is 16.8 Å². The Bertz CT molecular complexity index is 784. The highest BCUT2D eigenvalue weighted by molar-refractivity contribution is 9.10. The molecule has 0 atom stereocenters. The van der Waals surface area contributed by atoms with E-state index in [9.17, 15) is 12.8 Å². The lowest BCUT2D eigenvalue weighted by Crippen LogP contribution is -2.16. The highest BCUT2D eigenvalue weighted by Gasteiger charge is 2.20. The molecule has 0 aromatic heterocycles. The number of hydrogen-bond donors (Lipinski definition) is 2. The van der Waals surface area contributed by atoms with E-state index in [2.05, 4.69) is 20.7 Å². The van der Waals surface area contributed by atoms with E-state index in [1.54, 1.807) is 26.0 Å². The Kier molecular flexibility index (Phi) is 4.25. The molecule has 0 amide bonds. The number of benzene rings is 2. The first-order valence-corrected chi connectivity index (χ1v) is 8.33. The minimum absolute atomic E-state index is 0.153. The zero-order chi connectivity index (χ0) is 15.8. The van der Waals surface area contributed by atoms with Crippen molar-refractivity contribution in [2.75, 3.05) is 10.5 Å². The second-order valence-electron chi connectivity index (χ2n) is 4.72. The standard InChI is InChI=1S/C14H14BrFN2O2S/c1-8-5-10(17)6-9(2)14(8)21(19,20)18-11-3-4-12(15)13(16)7-11/h3-7,18H,17H2,1-2H3. The minimum Gasteiger partial charge on any atom is -0.399 e. The zero-order valence-corrected chi connectivity index (χ0v) is 13.8. The summed E-state index contributed by atoms with van der Waals surface area (Å²) in [5, 5.41) is 0. The highest BCUT2D eigenvalue weighted by Crippen LogP contribution is 2.26. The van der Waals surface area contributed by atoms with E-state index >= 15 is 0 Å². The van der Waals surface area contributed by atoms with Crippen molar-refractivity contribution in [3.63, 3.8) is 0 Å². The van der Waals surface area contributed by atoms with E-state index < -0.39 is 15.8 Å². The SMILES string of the molecule is Cc1cc(N)cc(C)c1S(=O)(=O)Nc1ccc(Br)c(F)c1. The van der Waals surface area contributed by atoms with Crippen LogP contribution < -0.4 is 10.5 Å². The number of sulfonamides is 1. The monoisotopic (exact) mass is 372 g/mol. The van der Waals surface area contributed by atoms with E-state index in [0.717, 1.165) is 6.07 Å². The van der Waals surface area contributed by atoms with Crippen LogP contribution in [0.15, 0.2) is 39.7 Å². The molecule has 0 saturated carbocycles. The van der Waals surface area contributed by atoms with Crippen molar-refractivity contribution in [3.8, 4) is 0 Å². The van der Waals surface area contributed by atoms with Gasteiger partial charge in [-0.1, -0.05) is 0 Å². The van der Waals surface area contributed by atoms with Crippen LogP contribution in [0.5, 0.6) is 0 Å². The number of nitrogen functional groups attached to an aromatic ring is 1. The summed E-state index contributed by atoms with van der Waals surface area (Å²) in [5.41, 5.74) is 7.43. The molecule has 0 aliphatic rings. The first-order chi connectivity index (χ1) is 9.70. The summed E-state index contributed by atoms with van der Waals surface area (Å²) in [7, 11) is -3.81. The third-order valence-electron chi connectivity index (χ3n) is 2.92. The van der Waals surface area contributed by atoms with Crippen LogP contribution in [0.2, 0.25) is 0 Å². The quantitative estimate of drug-likeness (QED) is 0.808. The molecule has 0 heterocycles.